The SMILES string of the molecule is Cc1sc2c(c1C)C(c1ccc(Cl)cc1)=N[C@@H](C(C(=O)O)C(C)(C)C)c1nnc(C)n1-2. The molecule has 0 amide bonds. The lowest BCUT2D eigenvalue weighted by atomic mass is 9.76. The molecule has 0 radical (unpaired) electrons. The summed E-state index contributed by atoms with van der Waals surface area (Å²) in [6.07, 6.45) is 0. The van der Waals surface area contributed by atoms with Crippen molar-refractivity contribution < 1.29 is 9.90 Å². The highest BCUT2D eigenvalue weighted by Gasteiger charge is 2.44. The highest BCUT2D eigenvalue weighted by Crippen LogP contribution is 2.44. The molecule has 2 aromatic heterocycles. The number of nitrogens with zero attached hydrogens (tertiary/aromatic N) is 4. The van der Waals surface area contributed by atoms with Crippen LogP contribution in [0.3, 0.4) is 0 Å². The molecule has 6 nitrogen and oxygen atoms in total. The van der Waals surface area contributed by atoms with Crippen molar-refractivity contribution in [2.75, 3.05) is 0 Å². The van der Waals surface area contributed by atoms with Crippen LogP contribution in [-0.4, -0.2) is 31.6 Å². The van der Waals surface area contributed by atoms with Crippen LogP contribution in [0.25, 0.3) is 5.00 Å². The number of rotatable bonds is 3. The number of aliphatic carboxylic acids is 1. The van der Waals surface area contributed by atoms with Crippen LogP contribution in [-0.2, 0) is 4.79 Å². The Hall–Kier alpha value is -2.51. The summed E-state index contributed by atoms with van der Waals surface area (Å²) in [5.74, 6) is -0.408. The molecular weight excluding hydrogens is 432 g/mol. The third kappa shape index (κ3) is 3.59. The van der Waals surface area contributed by atoms with Crippen molar-refractivity contribution in [3.8, 4) is 5.00 Å². The molecule has 2 atom stereocenters. The molecular formula is C23H25ClN4O2S. The monoisotopic (exact) mass is 456 g/mol. The van der Waals surface area contributed by atoms with Crippen LogP contribution in [0.2, 0.25) is 5.02 Å². The highest BCUT2D eigenvalue weighted by atomic mass is 35.5. The van der Waals surface area contributed by atoms with Crippen molar-refractivity contribution in [1.29, 1.82) is 0 Å². The number of aromatic nitrogens is 3. The van der Waals surface area contributed by atoms with Crippen molar-refractivity contribution in [2.45, 2.75) is 47.6 Å². The van der Waals surface area contributed by atoms with Gasteiger partial charge in [-0.05, 0) is 43.9 Å². The topological polar surface area (TPSA) is 80.4 Å². The normalized spacial score (nSPS) is 16.9. The van der Waals surface area contributed by atoms with Crippen molar-refractivity contribution in [3.05, 3.63) is 62.5 Å². The Bertz CT molecular complexity index is 1200. The predicted molar refractivity (Wildman–Crippen MR) is 124 cm³/mol. The molecule has 0 aliphatic carbocycles. The second-order valence-corrected chi connectivity index (χ2v) is 10.7. The predicted octanol–water partition coefficient (Wildman–Crippen LogP) is 5.55. The Labute approximate surface area is 190 Å². The van der Waals surface area contributed by atoms with Crippen LogP contribution in [0.5, 0.6) is 0 Å². The van der Waals surface area contributed by atoms with Gasteiger partial charge in [-0.3, -0.25) is 14.4 Å². The van der Waals surface area contributed by atoms with E-state index in [4.69, 9.17) is 16.6 Å². The second kappa shape index (κ2) is 7.57. The minimum atomic E-state index is -0.901. The Balaban J connectivity index is 2.09. The number of carboxylic acid groups (broad SMARTS) is 1. The van der Waals surface area contributed by atoms with Gasteiger partial charge in [0.2, 0.25) is 0 Å². The van der Waals surface area contributed by atoms with Crippen molar-refractivity contribution >= 4 is 34.6 Å². The smallest absolute Gasteiger partial charge is 0.309 e. The van der Waals surface area contributed by atoms with Gasteiger partial charge in [0.15, 0.2) is 5.82 Å². The lowest BCUT2D eigenvalue weighted by Gasteiger charge is -2.31. The first-order valence-corrected chi connectivity index (χ1v) is 11.3. The maximum atomic E-state index is 12.5. The zero-order valence-corrected chi connectivity index (χ0v) is 20.0. The number of carboxylic acids is 1. The Morgan fingerprint density at radius 2 is 1.81 bits per heavy atom. The van der Waals surface area contributed by atoms with Gasteiger partial charge in [-0.1, -0.05) is 44.5 Å². The molecule has 0 spiro atoms. The van der Waals surface area contributed by atoms with Crippen LogP contribution in [0.15, 0.2) is 29.3 Å². The number of thiophene rings is 1. The summed E-state index contributed by atoms with van der Waals surface area (Å²) in [6.45, 7) is 11.8. The van der Waals surface area contributed by atoms with Gasteiger partial charge in [0.25, 0.3) is 0 Å². The Morgan fingerprint density at radius 3 is 2.39 bits per heavy atom. The first-order valence-electron chi connectivity index (χ1n) is 10.1. The summed E-state index contributed by atoms with van der Waals surface area (Å²) >= 11 is 7.79. The molecule has 8 heteroatoms. The summed E-state index contributed by atoms with van der Waals surface area (Å²) < 4.78 is 1.98. The number of benzene rings is 1. The maximum absolute atomic E-state index is 12.5. The molecule has 1 N–H and O–H groups in total. The van der Waals surface area contributed by atoms with E-state index in [9.17, 15) is 9.90 Å². The fourth-order valence-electron chi connectivity index (χ4n) is 4.16. The van der Waals surface area contributed by atoms with E-state index in [0.29, 0.717) is 16.7 Å². The fraction of sp³-hybridized carbons (Fsp3) is 0.391. The van der Waals surface area contributed by atoms with Gasteiger partial charge in [0, 0.05) is 21.0 Å². The number of hydrogen-bond acceptors (Lipinski definition) is 5. The molecule has 1 unspecified atom stereocenters. The first-order chi connectivity index (χ1) is 14.5. The molecule has 4 rings (SSSR count). The van der Waals surface area contributed by atoms with Gasteiger partial charge in [0.05, 0.1) is 11.6 Å². The molecule has 3 aromatic rings. The summed E-state index contributed by atoms with van der Waals surface area (Å²) in [6, 6.07) is 6.83. The molecule has 0 bridgehead atoms. The molecule has 31 heavy (non-hydrogen) atoms. The summed E-state index contributed by atoms with van der Waals surface area (Å²) in [4.78, 5) is 18.7. The highest BCUT2D eigenvalue weighted by molar-refractivity contribution is 7.15. The molecule has 1 aliphatic heterocycles. The molecule has 0 fully saturated rings. The second-order valence-electron chi connectivity index (χ2n) is 9.02. The number of aliphatic imine (C=N–C) groups is 1. The van der Waals surface area contributed by atoms with Crippen LogP contribution < -0.4 is 0 Å². The first kappa shape index (κ1) is 21.7. The van der Waals surface area contributed by atoms with E-state index in [1.165, 1.54) is 4.88 Å². The van der Waals surface area contributed by atoms with Crippen molar-refractivity contribution in [1.82, 2.24) is 14.8 Å². The van der Waals surface area contributed by atoms with E-state index in [1.54, 1.807) is 11.3 Å². The van der Waals surface area contributed by atoms with Gasteiger partial charge in [-0.25, -0.2) is 0 Å². The summed E-state index contributed by atoms with van der Waals surface area (Å²) in [5, 5.41) is 20.5. The molecule has 162 valence electrons. The van der Waals surface area contributed by atoms with E-state index in [1.807, 2.05) is 56.5 Å². The van der Waals surface area contributed by atoms with Gasteiger partial charge in [-0.2, -0.15) is 0 Å². The number of carbonyl (C=O) groups is 1. The quantitative estimate of drug-likeness (QED) is 0.560. The molecule has 1 aromatic carbocycles. The van der Waals surface area contributed by atoms with Crippen LogP contribution >= 0.6 is 22.9 Å². The molecule has 0 saturated heterocycles. The average molecular weight is 457 g/mol. The lowest BCUT2D eigenvalue weighted by molar-refractivity contribution is -0.146. The zero-order valence-electron chi connectivity index (χ0n) is 18.4. The fourth-order valence-corrected chi connectivity index (χ4v) is 5.50. The Kier molecular flexibility index (Phi) is 5.30. The molecule has 1 aliphatic rings. The van der Waals surface area contributed by atoms with Gasteiger partial charge >= 0.3 is 5.97 Å². The lowest BCUT2D eigenvalue weighted by Crippen LogP contribution is -2.34. The van der Waals surface area contributed by atoms with E-state index >= 15 is 0 Å². The Morgan fingerprint density at radius 1 is 1.16 bits per heavy atom. The summed E-state index contributed by atoms with van der Waals surface area (Å²) in [5.41, 5.74) is 3.23. The van der Waals surface area contributed by atoms with E-state index in [0.717, 1.165) is 27.4 Å². The van der Waals surface area contributed by atoms with E-state index < -0.39 is 23.3 Å². The van der Waals surface area contributed by atoms with Gasteiger partial charge in [0.1, 0.15) is 16.9 Å². The molecule has 3 heterocycles. The van der Waals surface area contributed by atoms with E-state index in [2.05, 4.69) is 24.0 Å². The van der Waals surface area contributed by atoms with Crippen LogP contribution in [0.4, 0.5) is 0 Å². The van der Waals surface area contributed by atoms with Gasteiger partial charge < -0.3 is 5.11 Å². The van der Waals surface area contributed by atoms with Crippen molar-refractivity contribution in [2.24, 2.45) is 16.3 Å². The number of fused-ring (bicyclic) bond motifs is 3. The van der Waals surface area contributed by atoms with Crippen LogP contribution in [0, 0.1) is 32.1 Å². The minimum Gasteiger partial charge on any atom is -0.481 e. The largest absolute Gasteiger partial charge is 0.481 e. The zero-order chi connectivity index (χ0) is 22.7. The number of halogens is 1. The third-order valence-corrected chi connectivity index (χ3v) is 7.27. The summed E-state index contributed by atoms with van der Waals surface area (Å²) in [7, 11) is 0. The number of hydrogen-bond donors (Lipinski definition) is 1. The van der Waals surface area contributed by atoms with Crippen molar-refractivity contribution in [3.63, 3.8) is 0 Å². The van der Waals surface area contributed by atoms with Crippen LogP contribution in [0.1, 0.15) is 60.0 Å². The maximum Gasteiger partial charge on any atom is 0.309 e. The molecule has 0 saturated carbocycles. The number of aryl methyl sites for hydroxylation is 2. The average Bonchev–Trinajstić information content (AvgIpc) is 3.13. The van der Waals surface area contributed by atoms with Gasteiger partial charge in [-0.15, -0.1) is 21.5 Å². The van der Waals surface area contributed by atoms with E-state index in [-0.39, 0.29) is 0 Å². The standard InChI is InChI=1S/C23H25ClN4O2S/c1-11-12(2)31-21-16(11)18(14-7-9-15(24)10-8-14)25-19(17(22(29)30)23(4,5)6)20-27-26-13(3)28(20)21/h7-10,17,19H,1-6H3,(H,29,30)/t17?,19-/m0/s1. The third-order valence-electron chi connectivity index (χ3n) is 5.82. The minimum absolute atomic E-state index is 0.543.